The molecule has 0 spiro atoms. The summed E-state index contributed by atoms with van der Waals surface area (Å²) in [5.74, 6) is 0.422. The lowest BCUT2D eigenvalue weighted by Gasteiger charge is -1.98. The average Bonchev–Trinajstić information content (AvgIpc) is 2.82. The maximum absolute atomic E-state index is 10.5. The molecule has 1 fully saturated rings. The Hall–Kier alpha value is -0.960. The molecule has 1 aromatic carbocycles. The number of benzene rings is 1. The zero-order chi connectivity index (χ0) is 10.1. The third-order valence-corrected chi connectivity index (χ3v) is 2.47. The molecule has 1 aliphatic rings. The van der Waals surface area contributed by atoms with Crippen molar-refractivity contribution in [3.63, 3.8) is 0 Å². The van der Waals surface area contributed by atoms with Gasteiger partial charge in [0.15, 0.2) is 5.75 Å². The number of para-hydroxylation sites is 1. The van der Waals surface area contributed by atoms with Crippen LogP contribution in [0.1, 0.15) is 18.6 Å². The number of hydrogen-bond acceptors (Lipinski definition) is 3. The first kappa shape index (κ1) is 9.59. The molecule has 1 aliphatic heterocycles. The van der Waals surface area contributed by atoms with Gasteiger partial charge in [-0.25, -0.2) is 4.52 Å². The minimum Gasteiger partial charge on any atom is -0.365 e. The van der Waals surface area contributed by atoms with Crippen LogP contribution in [-0.2, 0) is 9.30 Å². The number of ether oxygens (including phenoxy) is 1. The molecule has 0 aliphatic carbocycles. The monoisotopic (exact) mass is 213 g/mol. The van der Waals surface area contributed by atoms with Crippen LogP contribution in [0.15, 0.2) is 24.3 Å². The summed E-state index contributed by atoms with van der Waals surface area (Å²) in [5.41, 5.74) is 0.831. The number of rotatable bonds is 3. The van der Waals surface area contributed by atoms with Crippen LogP contribution >= 0.6 is 8.25 Å². The molecule has 0 radical (unpaired) electrons. The van der Waals surface area contributed by atoms with Gasteiger partial charge in [0, 0.05) is 10.1 Å². The fourth-order valence-electron chi connectivity index (χ4n) is 1.39. The Bertz CT molecular complexity index is 366. The van der Waals surface area contributed by atoms with Gasteiger partial charge in [0.2, 0.25) is 0 Å². The Kier molecular flexibility index (Phi) is 2.50. The molecule has 0 amide bonds. The minimum absolute atomic E-state index is 0.00106. The summed E-state index contributed by atoms with van der Waals surface area (Å²) in [6.45, 7) is 1.94. The summed E-state index contributed by atoms with van der Waals surface area (Å²) >= 11 is 0. The first-order valence-electron chi connectivity index (χ1n) is 4.27. The van der Waals surface area contributed by atoms with Gasteiger partial charge in [-0.15, -0.1) is 4.89 Å². The van der Waals surface area contributed by atoms with E-state index >= 15 is 0 Å². The van der Waals surface area contributed by atoms with Crippen molar-refractivity contribution in [3.8, 4) is 5.75 Å². The Labute approximate surface area is 82.4 Å². The lowest BCUT2D eigenvalue weighted by molar-refractivity contribution is 0.375. The van der Waals surface area contributed by atoms with Crippen molar-refractivity contribution in [1.82, 2.24) is 0 Å². The van der Waals surface area contributed by atoms with Crippen LogP contribution in [0.4, 0.5) is 0 Å². The van der Waals surface area contributed by atoms with E-state index < -0.39 is 8.25 Å². The highest BCUT2D eigenvalue weighted by Gasteiger charge is 2.39. The molecule has 1 aromatic rings. The topological polar surface area (TPSA) is 59.1 Å². The summed E-state index contributed by atoms with van der Waals surface area (Å²) in [4.78, 5) is 8.64. The molecule has 14 heavy (non-hydrogen) atoms. The third-order valence-electron chi connectivity index (χ3n) is 2.11. The van der Waals surface area contributed by atoms with E-state index in [-0.39, 0.29) is 12.2 Å². The molecule has 0 saturated carbocycles. The average molecular weight is 213 g/mol. The van der Waals surface area contributed by atoms with Crippen LogP contribution < -0.4 is 4.52 Å². The van der Waals surface area contributed by atoms with Gasteiger partial charge in [-0.2, -0.15) is 0 Å². The van der Waals surface area contributed by atoms with Gasteiger partial charge >= 0.3 is 8.25 Å². The highest BCUT2D eigenvalue weighted by atomic mass is 31.1. The Morgan fingerprint density at radius 2 is 2.14 bits per heavy atom. The standard InChI is InChI=1S/C9H9O4P/c1-6-9(12-6)7-4-2-3-5-8(7)13-14(10)11/h2-6,9H,1H3/p+1. The van der Waals surface area contributed by atoms with E-state index in [9.17, 15) is 4.57 Å². The fourth-order valence-corrected chi connectivity index (χ4v) is 1.73. The lowest BCUT2D eigenvalue weighted by Crippen LogP contribution is -1.89. The molecular weight excluding hydrogens is 203 g/mol. The SMILES string of the molecule is CC1OC1c1ccccc1O[P+](=O)O. The minimum atomic E-state index is -2.61. The second-order valence-corrected chi connectivity index (χ2v) is 3.79. The zero-order valence-electron chi connectivity index (χ0n) is 7.58. The van der Waals surface area contributed by atoms with Crippen molar-refractivity contribution in [1.29, 1.82) is 0 Å². The van der Waals surface area contributed by atoms with E-state index in [4.69, 9.17) is 14.2 Å². The molecular formula is C9H10O4P+. The lowest BCUT2D eigenvalue weighted by atomic mass is 10.1. The molecule has 1 saturated heterocycles. The molecule has 5 heteroatoms. The molecule has 74 valence electrons. The van der Waals surface area contributed by atoms with Gasteiger partial charge < -0.3 is 4.74 Å². The van der Waals surface area contributed by atoms with Crippen molar-refractivity contribution in [3.05, 3.63) is 29.8 Å². The van der Waals surface area contributed by atoms with Crippen LogP contribution in [0.2, 0.25) is 0 Å². The second kappa shape index (κ2) is 3.65. The first-order valence-corrected chi connectivity index (χ1v) is 5.40. The van der Waals surface area contributed by atoms with Gasteiger partial charge in [-0.05, 0) is 13.0 Å². The van der Waals surface area contributed by atoms with Crippen LogP contribution in [0, 0.1) is 0 Å². The summed E-state index contributed by atoms with van der Waals surface area (Å²) in [5, 5.41) is 0. The van der Waals surface area contributed by atoms with Gasteiger partial charge in [-0.3, -0.25) is 0 Å². The van der Waals surface area contributed by atoms with Crippen molar-refractivity contribution in [2.24, 2.45) is 0 Å². The number of epoxide rings is 1. The summed E-state index contributed by atoms with van der Waals surface area (Å²) in [6.07, 6.45) is 0.164. The van der Waals surface area contributed by atoms with Gasteiger partial charge in [-0.1, -0.05) is 18.2 Å². The van der Waals surface area contributed by atoms with E-state index in [0.29, 0.717) is 5.75 Å². The summed E-state index contributed by atoms with van der Waals surface area (Å²) in [6, 6.07) is 7.10. The molecule has 3 unspecified atom stereocenters. The van der Waals surface area contributed by atoms with Gasteiger partial charge in [0.05, 0.1) is 6.10 Å². The van der Waals surface area contributed by atoms with E-state index in [0.717, 1.165) is 5.56 Å². The third kappa shape index (κ3) is 1.93. The first-order chi connectivity index (χ1) is 6.68. The van der Waals surface area contributed by atoms with Crippen LogP contribution in [-0.4, -0.2) is 11.0 Å². The van der Waals surface area contributed by atoms with Crippen molar-refractivity contribution in [2.45, 2.75) is 19.1 Å². The molecule has 3 atom stereocenters. The smallest absolute Gasteiger partial charge is 0.365 e. The molecule has 2 rings (SSSR count). The highest BCUT2D eigenvalue weighted by molar-refractivity contribution is 7.32. The molecule has 1 N–H and O–H groups in total. The largest absolute Gasteiger partial charge is 0.747 e. The predicted molar refractivity (Wildman–Crippen MR) is 50.2 cm³/mol. The zero-order valence-corrected chi connectivity index (χ0v) is 8.48. The maximum atomic E-state index is 10.5. The van der Waals surface area contributed by atoms with Crippen molar-refractivity contribution in [2.75, 3.05) is 0 Å². The normalized spacial score (nSPS) is 25.7. The van der Waals surface area contributed by atoms with Gasteiger partial charge in [0.25, 0.3) is 0 Å². The Morgan fingerprint density at radius 3 is 2.71 bits per heavy atom. The van der Waals surface area contributed by atoms with E-state index in [1.165, 1.54) is 0 Å². The van der Waals surface area contributed by atoms with Gasteiger partial charge in [0.1, 0.15) is 6.10 Å². The van der Waals surface area contributed by atoms with Crippen LogP contribution in [0.3, 0.4) is 0 Å². The summed E-state index contributed by atoms with van der Waals surface area (Å²) < 4.78 is 20.6. The van der Waals surface area contributed by atoms with Crippen LogP contribution in [0.25, 0.3) is 0 Å². The molecule has 4 nitrogen and oxygen atoms in total. The van der Waals surface area contributed by atoms with Crippen molar-refractivity contribution < 1.29 is 18.7 Å². The quantitative estimate of drug-likeness (QED) is 0.617. The second-order valence-electron chi connectivity index (χ2n) is 3.13. The summed E-state index contributed by atoms with van der Waals surface area (Å²) in [7, 11) is -2.61. The maximum Gasteiger partial charge on any atom is 0.747 e. The Balaban J connectivity index is 2.25. The molecule has 0 bridgehead atoms. The van der Waals surface area contributed by atoms with E-state index in [2.05, 4.69) is 0 Å². The fraction of sp³-hybridized carbons (Fsp3) is 0.333. The molecule has 0 aromatic heterocycles. The number of hydrogen-bond donors (Lipinski definition) is 1. The van der Waals surface area contributed by atoms with E-state index in [1.807, 2.05) is 19.1 Å². The van der Waals surface area contributed by atoms with Crippen LogP contribution in [0.5, 0.6) is 5.75 Å². The van der Waals surface area contributed by atoms with E-state index in [1.54, 1.807) is 12.1 Å². The molecule has 1 heterocycles. The van der Waals surface area contributed by atoms with Crippen molar-refractivity contribution >= 4 is 8.25 Å². The Morgan fingerprint density at radius 1 is 1.50 bits per heavy atom. The highest BCUT2D eigenvalue weighted by Crippen LogP contribution is 2.43. The predicted octanol–water partition coefficient (Wildman–Crippen LogP) is 2.17.